The molecule has 18 heavy (non-hydrogen) atoms. The summed E-state index contributed by atoms with van der Waals surface area (Å²) in [5, 5.41) is 18.7. The second-order valence-corrected chi connectivity index (χ2v) is 5.20. The van der Waals surface area contributed by atoms with Crippen LogP contribution in [-0.2, 0) is 17.6 Å². The molecule has 2 N–H and O–H groups in total. The summed E-state index contributed by atoms with van der Waals surface area (Å²) in [5.74, 6) is -0.631. The van der Waals surface area contributed by atoms with Crippen LogP contribution in [0.1, 0.15) is 21.1 Å². The number of benzene rings is 1. The van der Waals surface area contributed by atoms with Crippen molar-refractivity contribution in [3.63, 3.8) is 0 Å². The van der Waals surface area contributed by atoms with Gasteiger partial charge in [-0.25, -0.2) is 4.98 Å². The highest BCUT2D eigenvalue weighted by molar-refractivity contribution is 7.11. The predicted octanol–water partition coefficient (Wildman–Crippen LogP) is 2.38. The Balaban J connectivity index is 2.19. The first kappa shape index (κ1) is 12.6. The number of nitrogens with zero attached hydrogens (tertiary/aromatic N) is 1. The maximum atomic E-state index is 10.6. The van der Waals surface area contributed by atoms with Gasteiger partial charge in [-0.15, -0.1) is 11.3 Å². The fourth-order valence-electron chi connectivity index (χ4n) is 1.71. The minimum Gasteiger partial charge on any atom is -0.508 e. The molecule has 0 atom stereocenters. The number of carboxylic acids is 1. The first-order valence-electron chi connectivity index (χ1n) is 5.49. The lowest BCUT2D eigenvalue weighted by Crippen LogP contribution is -1.98. The molecule has 0 aliphatic carbocycles. The second kappa shape index (κ2) is 5.18. The molecular formula is C13H13NO3S. The Hall–Kier alpha value is -1.88. The number of rotatable bonds is 4. The van der Waals surface area contributed by atoms with E-state index in [-0.39, 0.29) is 12.2 Å². The number of carboxylic acid groups (broad SMARTS) is 1. The normalized spacial score (nSPS) is 10.5. The third-order valence-electron chi connectivity index (χ3n) is 2.51. The molecule has 0 saturated carbocycles. The lowest BCUT2D eigenvalue weighted by Gasteiger charge is -2.00. The van der Waals surface area contributed by atoms with Gasteiger partial charge in [0.2, 0.25) is 0 Å². The summed E-state index contributed by atoms with van der Waals surface area (Å²) in [5.41, 5.74) is 1.85. The number of phenols is 1. The Morgan fingerprint density at radius 3 is 2.89 bits per heavy atom. The minimum absolute atomic E-state index is 0.0362. The van der Waals surface area contributed by atoms with E-state index < -0.39 is 5.97 Å². The molecule has 0 saturated heterocycles. The van der Waals surface area contributed by atoms with Gasteiger partial charge in [-0.05, 0) is 24.6 Å². The molecule has 0 aliphatic heterocycles. The molecule has 5 heteroatoms. The average Bonchev–Trinajstić information content (AvgIpc) is 2.58. The molecule has 1 aromatic carbocycles. The van der Waals surface area contributed by atoms with Crippen molar-refractivity contribution in [3.05, 3.63) is 45.4 Å². The fraction of sp³-hybridized carbons (Fsp3) is 0.231. The third kappa shape index (κ3) is 3.07. The van der Waals surface area contributed by atoms with E-state index in [1.54, 1.807) is 18.2 Å². The zero-order valence-corrected chi connectivity index (χ0v) is 10.7. The van der Waals surface area contributed by atoms with Crippen LogP contribution in [0.4, 0.5) is 0 Å². The van der Waals surface area contributed by atoms with Crippen LogP contribution in [0, 0.1) is 6.92 Å². The van der Waals surface area contributed by atoms with Gasteiger partial charge in [-0.2, -0.15) is 0 Å². The Labute approximate surface area is 109 Å². The highest BCUT2D eigenvalue weighted by Crippen LogP contribution is 2.23. The fourth-order valence-corrected chi connectivity index (χ4v) is 2.80. The van der Waals surface area contributed by atoms with Crippen molar-refractivity contribution in [2.75, 3.05) is 0 Å². The number of hydrogen-bond acceptors (Lipinski definition) is 4. The molecular weight excluding hydrogens is 250 g/mol. The summed E-state index contributed by atoms with van der Waals surface area (Å²) < 4.78 is 0. The molecule has 0 fully saturated rings. The van der Waals surface area contributed by atoms with Crippen molar-refractivity contribution in [2.24, 2.45) is 0 Å². The van der Waals surface area contributed by atoms with E-state index in [1.807, 2.05) is 13.0 Å². The summed E-state index contributed by atoms with van der Waals surface area (Å²) in [6, 6.07) is 7.05. The molecule has 1 heterocycles. The van der Waals surface area contributed by atoms with Gasteiger partial charge < -0.3 is 10.2 Å². The van der Waals surface area contributed by atoms with E-state index in [0.29, 0.717) is 11.4 Å². The molecule has 0 radical (unpaired) electrons. The number of aromatic nitrogens is 1. The van der Waals surface area contributed by atoms with Gasteiger partial charge in [0.05, 0.1) is 12.1 Å². The van der Waals surface area contributed by atoms with E-state index in [4.69, 9.17) is 5.11 Å². The number of aryl methyl sites for hydroxylation is 1. The van der Waals surface area contributed by atoms with Crippen LogP contribution >= 0.6 is 11.3 Å². The molecule has 0 spiro atoms. The Kier molecular flexibility index (Phi) is 3.62. The molecule has 2 aromatic rings. The van der Waals surface area contributed by atoms with Crippen LogP contribution in [0.2, 0.25) is 0 Å². The third-order valence-corrected chi connectivity index (χ3v) is 3.67. The minimum atomic E-state index is -0.868. The summed E-state index contributed by atoms with van der Waals surface area (Å²) >= 11 is 1.41. The van der Waals surface area contributed by atoms with Gasteiger partial charge in [0.15, 0.2) is 0 Å². The van der Waals surface area contributed by atoms with Gasteiger partial charge in [0, 0.05) is 11.3 Å². The number of aliphatic carboxylic acids is 1. The Bertz CT molecular complexity index is 577. The number of carbonyl (C=O) groups is 1. The van der Waals surface area contributed by atoms with Gasteiger partial charge in [-0.1, -0.05) is 12.1 Å². The Morgan fingerprint density at radius 1 is 1.44 bits per heavy atom. The van der Waals surface area contributed by atoms with Crippen LogP contribution in [0.15, 0.2) is 24.3 Å². The largest absolute Gasteiger partial charge is 0.508 e. The first-order valence-corrected chi connectivity index (χ1v) is 6.31. The van der Waals surface area contributed by atoms with Crippen LogP contribution in [-0.4, -0.2) is 21.2 Å². The second-order valence-electron chi connectivity index (χ2n) is 4.03. The van der Waals surface area contributed by atoms with Crippen molar-refractivity contribution in [3.8, 4) is 5.75 Å². The topological polar surface area (TPSA) is 70.4 Å². The molecule has 1 aromatic heterocycles. The monoisotopic (exact) mass is 263 g/mol. The highest BCUT2D eigenvalue weighted by atomic mass is 32.1. The predicted molar refractivity (Wildman–Crippen MR) is 69.1 cm³/mol. The van der Waals surface area contributed by atoms with E-state index in [1.165, 1.54) is 11.3 Å². The van der Waals surface area contributed by atoms with Crippen LogP contribution in [0.3, 0.4) is 0 Å². The smallest absolute Gasteiger partial charge is 0.310 e. The maximum absolute atomic E-state index is 10.6. The molecule has 94 valence electrons. The first-order chi connectivity index (χ1) is 8.54. The average molecular weight is 263 g/mol. The van der Waals surface area contributed by atoms with Gasteiger partial charge in [-0.3, -0.25) is 4.79 Å². The molecule has 4 nitrogen and oxygen atoms in total. The number of aromatic hydroxyl groups is 1. The SMILES string of the molecule is Cc1nc(CC(=O)O)sc1Cc1cccc(O)c1. The summed E-state index contributed by atoms with van der Waals surface area (Å²) in [6.07, 6.45) is 0.628. The number of phenolic OH excluding ortho intramolecular Hbond substituents is 1. The lowest BCUT2D eigenvalue weighted by atomic mass is 10.1. The lowest BCUT2D eigenvalue weighted by molar-refractivity contribution is -0.136. The van der Waals surface area contributed by atoms with Crippen molar-refractivity contribution < 1.29 is 15.0 Å². The molecule has 0 amide bonds. The van der Waals surface area contributed by atoms with Gasteiger partial charge in [0.25, 0.3) is 0 Å². The maximum Gasteiger partial charge on any atom is 0.310 e. The van der Waals surface area contributed by atoms with Crippen molar-refractivity contribution in [1.82, 2.24) is 4.98 Å². The number of hydrogen-bond donors (Lipinski definition) is 2. The van der Waals surface area contributed by atoms with Gasteiger partial charge in [0.1, 0.15) is 10.8 Å². The van der Waals surface area contributed by atoms with Crippen molar-refractivity contribution in [2.45, 2.75) is 19.8 Å². The molecule has 0 unspecified atom stereocenters. The summed E-state index contributed by atoms with van der Waals surface area (Å²) in [7, 11) is 0. The zero-order chi connectivity index (χ0) is 13.1. The van der Waals surface area contributed by atoms with E-state index >= 15 is 0 Å². The molecule has 2 rings (SSSR count). The van der Waals surface area contributed by atoms with Crippen molar-refractivity contribution >= 4 is 17.3 Å². The molecule has 0 bridgehead atoms. The van der Waals surface area contributed by atoms with Crippen molar-refractivity contribution in [1.29, 1.82) is 0 Å². The quantitative estimate of drug-likeness (QED) is 0.888. The van der Waals surface area contributed by atoms with Crippen LogP contribution in [0.25, 0.3) is 0 Å². The van der Waals surface area contributed by atoms with E-state index in [2.05, 4.69) is 4.98 Å². The van der Waals surface area contributed by atoms with E-state index in [9.17, 15) is 9.90 Å². The van der Waals surface area contributed by atoms with Crippen LogP contribution < -0.4 is 0 Å². The highest BCUT2D eigenvalue weighted by Gasteiger charge is 2.11. The van der Waals surface area contributed by atoms with E-state index in [0.717, 1.165) is 16.1 Å². The van der Waals surface area contributed by atoms with Crippen LogP contribution in [0.5, 0.6) is 5.75 Å². The summed E-state index contributed by atoms with van der Waals surface area (Å²) in [4.78, 5) is 15.9. The Morgan fingerprint density at radius 2 is 2.22 bits per heavy atom. The summed E-state index contributed by atoms with van der Waals surface area (Å²) in [6.45, 7) is 1.87. The standard InChI is InChI=1S/C13H13NO3S/c1-8-11(18-12(14-8)7-13(16)17)6-9-3-2-4-10(15)5-9/h2-5,15H,6-7H2,1H3,(H,16,17). The zero-order valence-electron chi connectivity index (χ0n) is 9.88. The molecule has 0 aliphatic rings. The van der Waals surface area contributed by atoms with Gasteiger partial charge >= 0.3 is 5.97 Å². The number of thiazole rings is 1.